The van der Waals surface area contributed by atoms with Crippen molar-refractivity contribution in [2.45, 2.75) is 24.9 Å². The maximum Gasteiger partial charge on any atom is 0.345 e. The minimum atomic E-state index is -0.613. The van der Waals surface area contributed by atoms with Gasteiger partial charge in [-0.1, -0.05) is 0 Å². The minimum absolute atomic E-state index is 0.0414. The summed E-state index contributed by atoms with van der Waals surface area (Å²) in [5.74, 6) is -0.171. The lowest BCUT2D eigenvalue weighted by molar-refractivity contribution is 0.0916. The van der Waals surface area contributed by atoms with Crippen molar-refractivity contribution in [1.82, 2.24) is 19.7 Å². The van der Waals surface area contributed by atoms with E-state index in [0.717, 1.165) is 0 Å². The number of nitrogens with zero attached hydrogens (tertiary/aromatic N) is 3. The average Bonchev–Trinajstić information content (AvgIpc) is 3.14. The Morgan fingerprint density at radius 1 is 1.37 bits per heavy atom. The molecule has 0 spiro atoms. The van der Waals surface area contributed by atoms with E-state index >= 15 is 0 Å². The average molecular weight is 374 g/mol. The molecule has 0 unspecified atom stereocenters. The van der Waals surface area contributed by atoms with E-state index in [9.17, 15) is 24.6 Å². The second kappa shape index (κ2) is 7.36. The van der Waals surface area contributed by atoms with Crippen LogP contribution in [0.1, 0.15) is 45.3 Å². The van der Waals surface area contributed by atoms with Crippen LogP contribution < -0.4 is 11.0 Å². The molecule has 3 rings (SSSR count). The maximum absolute atomic E-state index is 12.3. The molecule has 1 fully saturated rings. The Morgan fingerprint density at radius 3 is 2.74 bits per heavy atom. The Hall–Kier alpha value is -2.94. The van der Waals surface area contributed by atoms with Crippen LogP contribution >= 0.6 is 0 Å². The number of aldehydes is 1. The summed E-state index contributed by atoms with van der Waals surface area (Å²) in [5.41, 5.74) is 0.0836. The number of aromatic nitrogens is 3. The predicted molar refractivity (Wildman–Crippen MR) is 95.7 cm³/mol. The van der Waals surface area contributed by atoms with Gasteiger partial charge in [0.1, 0.15) is 11.6 Å². The van der Waals surface area contributed by atoms with Gasteiger partial charge in [-0.3, -0.25) is 14.2 Å². The summed E-state index contributed by atoms with van der Waals surface area (Å²) >= 11 is 0. The summed E-state index contributed by atoms with van der Waals surface area (Å²) in [7, 11) is 3.24. The van der Waals surface area contributed by atoms with Crippen molar-refractivity contribution in [3.8, 4) is 5.75 Å². The van der Waals surface area contributed by atoms with Crippen LogP contribution in [-0.4, -0.2) is 49.4 Å². The Kier molecular flexibility index (Phi) is 5.13. The van der Waals surface area contributed by atoms with E-state index in [0.29, 0.717) is 25.0 Å². The number of hydrogen-bond acceptors (Lipinski definition) is 6. The van der Waals surface area contributed by atoms with Crippen LogP contribution in [0.15, 0.2) is 23.0 Å². The SMILES string of the molecule is Cn1nc([C@H]2C[C@H](CNC(=O)c3ccc(O)c(C=O)c3)[C@H](O)C2)n(C)c1=O. The van der Waals surface area contributed by atoms with Crippen LogP contribution in [0.2, 0.25) is 0 Å². The largest absolute Gasteiger partial charge is 0.507 e. The minimum Gasteiger partial charge on any atom is -0.507 e. The van der Waals surface area contributed by atoms with Gasteiger partial charge in [0.15, 0.2) is 6.29 Å². The number of amides is 1. The third-order valence-corrected chi connectivity index (χ3v) is 5.12. The molecule has 0 bridgehead atoms. The molecule has 1 amide bonds. The van der Waals surface area contributed by atoms with Gasteiger partial charge in [0.2, 0.25) is 0 Å². The van der Waals surface area contributed by atoms with Gasteiger partial charge in [-0.25, -0.2) is 9.48 Å². The first-order valence-corrected chi connectivity index (χ1v) is 8.66. The van der Waals surface area contributed by atoms with Crippen molar-refractivity contribution in [3.05, 3.63) is 45.6 Å². The van der Waals surface area contributed by atoms with E-state index in [1.807, 2.05) is 0 Å². The van der Waals surface area contributed by atoms with E-state index in [4.69, 9.17) is 0 Å². The third-order valence-electron chi connectivity index (χ3n) is 5.12. The fourth-order valence-corrected chi connectivity index (χ4v) is 3.58. The van der Waals surface area contributed by atoms with Gasteiger partial charge in [0, 0.05) is 38.0 Å². The molecule has 144 valence electrons. The van der Waals surface area contributed by atoms with Gasteiger partial charge >= 0.3 is 5.69 Å². The highest BCUT2D eigenvalue weighted by Crippen LogP contribution is 2.37. The second-order valence-corrected chi connectivity index (χ2v) is 6.92. The zero-order chi connectivity index (χ0) is 19.7. The summed E-state index contributed by atoms with van der Waals surface area (Å²) in [6, 6.07) is 4.03. The van der Waals surface area contributed by atoms with Crippen molar-refractivity contribution in [2.24, 2.45) is 20.0 Å². The van der Waals surface area contributed by atoms with Gasteiger partial charge in [-0.2, -0.15) is 5.10 Å². The number of nitrogens with one attached hydrogen (secondary N) is 1. The fourth-order valence-electron chi connectivity index (χ4n) is 3.58. The fraction of sp³-hybridized carbons (Fsp3) is 0.444. The van der Waals surface area contributed by atoms with Crippen molar-refractivity contribution in [1.29, 1.82) is 0 Å². The van der Waals surface area contributed by atoms with Crippen LogP contribution in [0.4, 0.5) is 0 Å². The summed E-state index contributed by atoms with van der Waals surface area (Å²) < 4.78 is 2.75. The highest BCUT2D eigenvalue weighted by Gasteiger charge is 2.36. The number of phenols is 1. The molecule has 9 nitrogen and oxygen atoms in total. The zero-order valence-electron chi connectivity index (χ0n) is 15.1. The van der Waals surface area contributed by atoms with Gasteiger partial charge < -0.3 is 15.5 Å². The molecule has 9 heteroatoms. The molecule has 1 aromatic carbocycles. The smallest absolute Gasteiger partial charge is 0.345 e. The lowest BCUT2D eigenvalue weighted by Gasteiger charge is -2.15. The van der Waals surface area contributed by atoms with E-state index in [-0.39, 0.29) is 46.9 Å². The first kappa shape index (κ1) is 18.8. The number of benzene rings is 1. The molecule has 0 saturated heterocycles. The lowest BCUT2D eigenvalue weighted by Crippen LogP contribution is -2.32. The molecule has 1 aliphatic rings. The molecule has 27 heavy (non-hydrogen) atoms. The van der Waals surface area contributed by atoms with Crippen molar-refractivity contribution < 1.29 is 19.8 Å². The summed E-state index contributed by atoms with van der Waals surface area (Å²) in [4.78, 5) is 35.0. The molecule has 0 radical (unpaired) electrons. The van der Waals surface area contributed by atoms with Gasteiger partial charge in [-0.05, 0) is 31.0 Å². The van der Waals surface area contributed by atoms with Crippen LogP contribution in [0, 0.1) is 5.92 Å². The zero-order valence-corrected chi connectivity index (χ0v) is 15.1. The molecular weight excluding hydrogens is 352 g/mol. The van der Waals surface area contributed by atoms with Gasteiger partial charge in [-0.15, -0.1) is 0 Å². The van der Waals surface area contributed by atoms with E-state index < -0.39 is 6.10 Å². The predicted octanol–water partition coefficient (Wildman–Crippen LogP) is -0.0786. The normalized spacial score (nSPS) is 22.0. The van der Waals surface area contributed by atoms with Crippen molar-refractivity contribution in [2.75, 3.05) is 6.54 Å². The molecular formula is C18H22N4O5. The topological polar surface area (TPSA) is 126 Å². The number of aromatic hydroxyl groups is 1. The monoisotopic (exact) mass is 374 g/mol. The van der Waals surface area contributed by atoms with Crippen molar-refractivity contribution >= 4 is 12.2 Å². The summed E-state index contributed by atoms with van der Waals surface area (Å²) in [6.07, 6.45) is 0.937. The first-order chi connectivity index (χ1) is 12.8. The highest BCUT2D eigenvalue weighted by molar-refractivity contribution is 5.96. The number of aryl methyl sites for hydroxylation is 1. The Bertz CT molecular complexity index is 932. The maximum atomic E-state index is 12.3. The third kappa shape index (κ3) is 3.63. The first-order valence-electron chi connectivity index (χ1n) is 8.66. The highest BCUT2D eigenvalue weighted by atomic mass is 16.3. The van der Waals surface area contributed by atoms with E-state index in [1.54, 1.807) is 14.1 Å². The number of phenolic OH excluding ortho intramolecular Hbond substituents is 1. The number of aliphatic hydroxyl groups excluding tert-OH is 1. The Labute approximate surface area is 155 Å². The number of hydrogen-bond donors (Lipinski definition) is 3. The van der Waals surface area contributed by atoms with Crippen molar-refractivity contribution in [3.63, 3.8) is 0 Å². The number of rotatable bonds is 5. The Balaban J connectivity index is 1.64. The molecule has 0 aliphatic heterocycles. The van der Waals surface area contributed by atoms with Crippen LogP contribution in [0.25, 0.3) is 0 Å². The molecule has 1 aliphatic carbocycles. The van der Waals surface area contributed by atoms with Gasteiger partial charge in [0.25, 0.3) is 5.91 Å². The molecule has 3 atom stereocenters. The van der Waals surface area contributed by atoms with E-state index in [1.165, 1.54) is 27.4 Å². The quantitative estimate of drug-likeness (QED) is 0.629. The molecule has 3 N–H and O–H groups in total. The Morgan fingerprint density at radius 2 is 2.11 bits per heavy atom. The van der Waals surface area contributed by atoms with Crippen LogP contribution in [0.5, 0.6) is 5.75 Å². The molecule has 1 aromatic heterocycles. The van der Waals surface area contributed by atoms with E-state index in [2.05, 4.69) is 10.4 Å². The van der Waals surface area contributed by atoms with Gasteiger partial charge in [0.05, 0.1) is 11.7 Å². The number of aliphatic hydroxyl groups is 1. The molecule has 1 heterocycles. The number of carbonyl (C=O) groups excluding carboxylic acids is 2. The van der Waals surface area contributed by atoms with Crippen LogP contribution in [0.3, 0.4) is 0 Å². The number of carbonyl (C=O) groups is 2. The molecule has 1 saturated carbocycles. The van der Waals surface area contributed by atoms with Crippen LogP contribution in [-0.2, 0) is 14.1 Å². The summed E-state index contributed by atoms with van der Waals surface area (Å²) in [6.45, 7) is 0.259. The summed E-state index contributed by atoms with van der Waals surface area (Å²) in [5, 5.41) is 26.8. The standard InChI is InChI=1S/C18H22N4O5/c1-21-16(20-22(2)18(21)27)11-6-12(15(25)7-11)8-19-17(26)10-3-4-14(24)13(5-10)9-23/h3-5,9,11-12,15,24-25H,6-8H2,1-2H3,(H,19,26)/t11-,12+,15+/m0/s1. The molecule has 2 aromatic rings. The lowest BCUT2D eigenvalue weighted by atomic mass is 10.0. The second-order valence-electron chi connectivity index (χ2n) is 6.92.